The number of ether oxygens (including phenoxy) is 1. The predicted molar refractivity (Wildman–Crippen MR) is 55.5 cm³/mol. The van der Waals surface area contributed by atoms with Crippen LogP contribution in [0, 0.1) is 11.3 Å². The van der Waals surface area contributed by atoms with Crippen molar-refractivity contribution in [3.63, 3.8) is 0 Å². The fraction of sp³-hybridized carbons (Fsp3) is 0.250. The Morgan fingerprint density at radius 1 is 1.47 bits per heavy atom. The van der Waals surface area contributed by atoms with Crippen LogP contribution in [0.5, 0.6) is 0 Å². The maximum absolute atomic E-state index is 10.9. The molecule has 0 aromatic heterocycles. The second-order valence-corrected chi connectivity index (χ2v) is 3.84. The zero-order valence-corrected chi connectivity index (χ0v) is 9.78. The minimum Gasteiger partial charge on any atom is -0.420 e. The van der Waals surface area contributed by atoms with Crippen molar-refractivity contribution in [2.75, 3.05) is 0 Å². The second-order valence-electron chi connectivity index (χ2n) is 2.94. The molecule has 4 N–H and O–H groups in total. The molecule has 1 aliphatic heterocycles. The van der Waals surface area contributed by atoms with Crippen molar-refractivity contribution in [3.8, 4) is 6.07 Å². The molecular formula is C8H10N2O6S. The molecule has 0 saturated heterocycles. The first-order valence-electron chi connectivity index (χ1n) is 4.07. The topological polar surface area (TPSA) is 151 Å². The van der Waals surface area contributed by atoms with Gasteiger partial charge in [0.15, 0.2) is 5.76 Å². The zero-order chi connectivity index (χ0) is 13.8. The molecule has 8 nitrogen and oxygen atoms in total. The van der Waals surface area contributed by atoms with Gasteiger partial charge in [-0.15, -0.1) is 0 Å². The zero-order valence-electron chi connectivity index (χ0n) is 8.96. The summed E-state index contributed by atoms with van der Waals surface area (Å²) in [6.07, 6.45) is 0. The van der Waals surface area contributed by atoms with E-state index in [-0.39, 0.29) is 11.5 Å². The number of hydrogen-bond donors (Lipinski definition) is 3. The molecule has 94 valence electrons. The molecule has 0 amide bonds. The average molecular weight is 262 g/mol. The summed E-state index contributed by atoms with van der Waals surface area (Å²) < 4.78 is 36.3. The van der Waals surface area contributed by atoms with Gasteiger partial charge in [0.05, 0.1) is 22.9 Å². The predicted octanol–water partition coefficient (Wildman–Crippen LogP) is -0.0793. The van der Waals surface area contributed by atoms with E-state index in [9.17, 15) is 4.79 Å². The van der Waals surface area contributed by atoms with E-state index in [1.165, 1.54) is 0 Å². The van der Waals surface area contributed by atoms with Gasteiger partial charge >= 0.3 is 16.4 Å². The molecule has 0 unspecified atom stereocenters. The van der Waals surface area contributed by atoms with Crippen molar-refractivity contribution < 1.29 is 27.1 Å². The van der Waals surface area contributed by atoms with Gasteiger partial charge in [0.25, 0.3) is 0 Å². The van der Waals surface area contributed by atoms with Crippen molar-refractivity contribution in [2.45, 2.75) is 13.8 Å². The molecule has 0 atom stereocenters. The first-order valence-corrected chi connectivity index (χ1v) is 5.47. The lowest BCUT2D eigenvalue weighted by Crippen LogP contribution is -2.00. The third kappa shape index (κ3) is 5.12. The van der Waals surface area contributed by atoms with Crippen LogP contribution in [0.15, 0.2) is 22.6 Å². The van der Waals surface area contributed by atoms with Crippen molar-refractivity contribution in [2.24, 2.45) is 5.73 Å². The van der Waals surface area contributed by atoms with Gasteiger partial charge in [0.2, 0.25) is 0 Å². The highest BCUT2D eigenvalue weighted by Crippen LogP contribution is 2.23. The number of esters is 1. The van der Waals surface area contributed by atoms with E-state index in [0.29, 0.717) is 11.1 Å². The summed E-state index contributed by atoms with van der Waals surface area (Å²) >= 11 is 0. The molecule has 0 aromatic rings. The maximum Gasteiger partial charge on any atom is 0.394 e. The van der Waals surface area contributed by atoms with Crippen molar-refractivity contribution in [1.82, 2.24) is 0 Å². The smallest absolute Gasteiger partial charge is 0.394 e. The Morgan fingerprint density at radius 2 is 1.88 bits per heavy atom. The highest BCUT2D eigenvalue weighted by Gasteiger charge is 2.25. The van der Waals surface area contributed by atoms with Crippen LogP contribution in [0.25, 0.3) is 0 Å². The summed E-state index contributed by atoms with van der Waals surface area (Å²) in [6, 6.07) is 1.87. The quantitative estimate of drug-likeness (QED) is 0.311. The molecule has 0 radical (unpaired) electrons. The molecule has 0 bridgehead atoms. The molecule has 0 saturated carbocycles. The Bertz CT molecular complexity index is 529. The second kappa shape index (κ2) is 5.44. The molecular weight excluding hydrogens is 252 g/mol. The molecule has 17 heavy (non-hydrogen) atoms. The Morgan fingerprint density at radius 3 is 2.12 bits per heavy atom. The lowest BCUT2D eigenvalue weighted by molar-refractivity contribution is -0.133. The summed E-state index contributed by atoms with van der Waals surface area (Å²) in [6.45, 7) is 3.11. The van der Waals surface area contributed by atoms with E-state index in [0.717, 1.165) is 0 Å². The van der Waals surface area contributed by atoms with Crippen molar-refractivity contribution >= 4 is 16.4 Å². The molecule has 9 heteroatoms. The van der Waals surface area contributed by atoms with Crippen LogP contribution in [0.2, 0.25) is 0 Å². The number of nitrogens with zero attached hydrogens (tertiary/aromatic N) is 1. The summed E-state index contributed by atoms with van der Waals surface area (Å²) in [4.78, 5) is 10.9. The van der Waals surface area contributed by atoms with Crippen LogP contribution in [0.3, 0.4) is 0 Å². The standard InChI is InChI=1S/C8H8N2O2.H2O4S/c1-4(3-9)7-6(10)5(2)8(11)12-7;1-5(2,3)4/h10H2,1-2H3;(H2,1,2,3,4). The first kappa shape index (κ1) is 15.1. The van der Waals surface area contributed by atoms with E-state index < -0.39 is 16.4 Å². The molecule has 1 heterocycles. The van der Waals surface area contributed by atoms with E-state index in [1.54, 1.807) is 13.8 Å². The molecule has 1 aliphatic rings. The maximum atomic E-state index is 10.9. The monoisotopic (exact) mass is 262 g/mol. The van der Waals surface area contributed by atoms with Gasteiger partial charge in [0.1, 0.15) is 0 Å². The van der Waals surface area contributed by atoms with E-state index >= 15 is 0 Å². The Balaban J connectivity index is 0.000000437. The fourth-order valence-corrected chi connectivity index (χ4v) is 0.834. The Kier molecular flexibility index (Phi) is 4.84. The number of nitriles is 1. The first-order chi connectivity index (χ1) is 7.57. The number of cyclic esters (lactones) is 1. The van der Waals surface area contributed by atoms with Crippen LogP contribution in [-0.4, -0.2) is 23.5 Å². The highest BCUT2D eigenvalue weighted by atomic mass is 32.3. The molecule has 0 fully saturated rings. The third-order valence-electron chi connectivity index (χ3n) is 1.66. The average Bonchev–Trinajstić information content (AvgIpc) is 2.42. The number of carbonyl (C=O) groups excluding carboxylic acids is 1. The van der Waals surface area contributed by atoms with Gasteiger partial charge in [-0.25, -0.2) is 4.79 Å². The SMILES string of the molecule is CC(C#N)=C1OC(=O)C(C)=C1N.O=S(=O)(O)O. The summed E-state index contributed by atoms with van der Waals surface area (Å²) in [5.74, 6) is -0.280. The van der Waals surface area contributed by atoms with Gasteiger partial charge in [-0.2, -0.15) is 13.7 Å². The van der Waals surface area contributed by atoms with Gasteiger partial charge in [-0.3, -0.25) is 9.11 Å². The highest BCUT2D eigenvalue weighted by molar-refractivity contribution is 7.79. The largest absolute Gasteiger partial charge is 0.420 e. The normalized spacial score (nSPS) is 17.9. The number of nitrogens with two attached hydrogens (primary N) is 1. The minimum absolute atomic E-state index is 0.194. The summed E-state index contributed by atoms with van der Waals surface area (Å²) in [7, 11) is -4.67. The molecule has 0 spiro atoms. The van der Waals surface area contributed by atoms with Crippen LogP contribution in [0.4, 0.5) is 0 Å². The van der Waals surface area contributed by atoms with Gasteiger partial charge in [-0.1, -0.05) is 0 Å². The summed E-state index contributed by atoms with van der Waals surface area (Å²) in [5.41, 5.74) is 6.46. The number of rotatable bonds is 0. The summed E-state index contributed by atoms with van der Waals surface area (Å²) in [5, 5.41) is 8.51. The van der Waals surface area contributed by atoms with Crippen LogP contribution in [-0.2, 0) is 19.9 Å². The van der Waals surface area contributed by atoms with Crippen molar-refractivity contribution in [1.29, 1.82) is 5.26 Å². The van der Waals surface area contributed by atoms with E-state index in [4.69, 9.17) is 33.3 Å². The van der Waals surface area contributed by atoms with Gasteiger partial charge in [-0.05, 0) is 13.8 Å². The minimum atomic E-state index is -4.67. The lowest BCUT2D eigenvalue weighted by Gasteiger charge is -1.97. The Labute approximate surface area is 97.6 Å². The number of allylic oxidation sites excluding steroid dienone is 1. The van der Waals surface area contributed by atoms with Crippen LogP contribution >= 0.6 is 0 Å². The lowest BCUT2D eigenvalue weighted by atomic mass is 10.2. The van der Waals surface area contributed by atoms with Crippen LogP contribution < -0.4 is 5.73 Å². The fourth-order valence-electron chi connectivity index (χ4n) is 0.834. The van der Waals surface area contributed by atoms with Gasteiger partial charge in [0, 0.05) is 0 Å². The number of carbonyl (C=O) groups is 1. The van der Waals surface area contributed by atoms with Crippen LogP contribution in [0.1, 0.15) is 13.8 Å². The molecule has 0 aromatic carbocycles. The van der Waals surface area contributed by atoms with E-state index in [2.05, 4.69) is 0 Å². The number of hydrogen-bond acceptors (Lipinski definition) is 6. The van der Waals surface area contributed by atoms with E-state index in [1.807, 2.05) is 6.07 Å². The Hall–Kier alpha value is -1.89. The van der Waals surface area contributed by atoms with Gasteiger partial charge < -0.3 is 10.5 Å². The molecule has 1 rings (SSSR count). The molecule has 0 aliphatic carbocycles. The van der Waals surface area contributed by atoms with Crippen molar-refractivity contribution in [3.05, 3.63) is 22.6 Å². The third-order valence-corrected chi connectivity index (χ3v) is 1.66.